The molecule has 5 rings (SSSR count). The molecule has 7 nitrogen and oxygen atoms in total. The van der Waals surface area contributed by atoms with Crippen molar-refractivity contribution in [2.24, 2.45) is 0 Å². The van der Waals surface area contributed by atoms with E-state index >= 15 is 0 Å². The molecule has 0 bridgehead atoms. The number of para-hydroxylation sites is 1. The zero-order valence-corrected chi connectivity index (χ0v) is 16.1. The first-order valence-electron chi connectivity index (χ1n) is 8.87. The summed E-state index contributed by atoms with van der Waals surface area (Å²) in [6, 6.07) is 13.5. The second-order valence-electron chi connectivity index (χ2n) is 6.66. The standard InChI is InChI=1S/C20H16N6OS/c1-12-11-17(28-23-12)25-10-8-16-19(20(25)27)26(24-22-16)13(2)15-7-3-5-14-6-4-9-21-18(14)15/h3-11,13H,1-2H3. The van der Waals surface area contributed by atoms with Crippen LogP contribution in [0.1, 0.15) is 24.2 Å². The molecule has 0 aliphatic rings. The molecule has 8 heteroatoms. The average Bonchev–Trinajstić information content (AvgIpc) is 3.34. The molecule has 1 unspecified atom stereocenters. The molecule has 138 valence electrons. The lowest BCUT2D eigenvalue weighted by Gasteiger charge is -2.15. The number of hydrogen-bond donors (Lipinski definition) is 0. The third-order valence-corrected chi connectivity index (χ3v) is 5.74. The van der Waals surface area contributed by atoms with Gasteiger partial charge in [0.2, 0.25) is 0 Å². The highest BCUT2D eigenvalue weighted by Crippen LogP contribution is 2.26. The van der Waals surface area contributed by atoms with Crippen molar-refractivity contribution in [3.05, 3.63) is 76.5 Å². The van der Waals surface area contributed by atoms with Gasteiger partial charge in [-0.15, -0.1) is 5.10 Å². The molecule has 0 radical (unpaired) electrons. The van der Waals surface area contributed by atoms with Crippen molar-refractivity contribution in [2.45, 2.75) is 19.9 Å². The van der Waals surface area contributed by atoms with Crippen LogP contribution in [-0.4, -0.2) is 28.9 Å². The quantitative estimate of drug-likeness (QED) is 0.473. The molecule has 0 N–H and O–H groups in total. The Morgan fingerprint density at radius 1 is 1.14 bits per heavy atom. The Hall–Kier alpha value is -3.39. The van der Waals surface area contributed by atoms with E-state index in [-0.39, 0.29) is 11.6 Å². The molecule has 0 aliphatic heterocycles. The van der Waals surface area contributed by atoms with Crippen LogP contribution in [0.2, 0.25) is 0 Å². The van der Waals surface area contributed by atoms with E-state index in [4.69, 9.17) is 0 Å². The number of hydrogen-bond acceptors (Lipinski definition) is 6. The number of aryl methyl sites for hydroxylation is 1. The molecule has 4 aromatic heterocycles. The lowest BCUT2D eigenvalue weighted by atomic mass is 10.0. The van der Waals surface area contributed by atoms with E-state index in [1.807, 2.05) is 56.3 Å². The maximum Gasteiger partial charge on any atom is 0.283 e. The Bertz CT molecular complexity index is 1380. The smallest absolute Gasteiger partial charge is 0.272 e. The van der Waals surface area contributed by atoms with E-state index in [0.717, 1.165) is 27.2 Å². The Morgan fingerprint density at radius 2 is 2.00 bits per heavy atom. The molecule has 28 heavy (non-hydrogen) atoms. The molecule has 0 aliphatic carbocycles. The maximum atomic E-state index is 13.2. The predicted octanol–water partition coefficient (Wildman–Crippen LogP) is 3.50. The predicted molar refractivity (Wildman–Crippen MR) is 109 cm³/mol. The average molecular weight is 388 g/mol. The van der Waals surface area contributed by atoms with Crippen LogP contribution in [0.5, 0.6) is 0 Å². The summed E-state index contributed by atoms with van der Waals surface area (Å²) >= 11 is 1.29. The molecular formula is C20H16N6OS. The van der Waals surface area contributed by atoms with Crippen LogP contribution in [0, 0.1) is 6.92 Å². The third-order valence-electron chi connectivity index (χ3n) is 4.86. The molecular weight excluding hydrogens is 372 g/mol. The number of aromatic nitrogens is 6. The van der Waals surface area contributed by atoms with Gasteiger partial charge >= 0.3 is 0 Å². The second-order valence-corrected chi connectivity index (χ2v) is 7.45. The normalized spacial score (nSPS) is 12.6. The van der Waals surface area contributed by atoms with E-state index in [1.54, 1.807) is 21.6 Å². The molecule has 0 spiro atoms. The van der Waals surface area contributed by atoms with Crippen molar-refractivity contribution in [2.75, 3.05) is 0 Å². The molecule has 0 fully saturated rings. The topological polar surface area (TPSA) is 78.5 Å². The van der Waals surface area contributed by atoms with Crippen LogP contribution in [0.25, 0.3) is 26.9 Å². The van der Waals surface area contributed by atoms with Crippen LogP contribution in [0.15, 0.2) is 59.7 Å². The van der Waals surface area contributed by atoms with Crippen LogP contribution < -0.4 is 5.56 Å². The number of rotatable bonds is 3. The van der Waals surface area contributed by atoms with Crippen LogP contribution in [0.3, 0.4) is 0 Å². The van der Waals surface area contributed by atoms with E-state index in [9.17, 15) is 4.79 Å². The van der Waals surface area contributed by atoms with Gasteiger partial charge in [-0.25, -0.2) is 4.68 Å². The van der Waals surface area contributed by atoms with E-state index in [2.05, 4.69) is 19.7 Å². The maximum absolute atomic E-state index is 13.2. The van der Waals surface area contributed by atoms with E-state index in [0.29, 0.717) is 11.0 Å². The Labute approximate surface area is 164 Å². The highest BCUT2D eigenvalue weighted by molar-refractivity contribution is 7.08. The van der Waals surface area contributed by atoms with Crippen LogP contribution in [-0.2, 0) is 0 Å². The highest BCUT2D eigenvalue weighted by Gasteiger charge is 2.20. The zero-order valence-electron chi connectivity index (χ0n) is 15.3. The van der Waals surface area contributed by atoms with Crippen LogP contribution >= 0.6 is 11.5 Å². The van der Waals surface area contributed by atoms with Gasteiger partial charge < -0.3 is 0 Å². The zero-order chi connectivity index (χ0) is 19.3. The number of pyridine rings is 2. The first-order valence-corrected chi connectivity index (χ1v) is 9.65. The Morgan fingerprint density at radius 3 is 2.82 bits per heavy atom. The van der Waals surface area contributed by atoms with Gasteiger partial charge in [-0.05, 0) is 43.6 Å². The summed E-state index contributed by atoms with van der Waals surface area (Å²) in [5.74, 6) is 0. The van der Waals surface area contributed by atoms with Gasteiger partial charge in [-0.2, -0.15) is 4.37 Å². The van der Waals surface area contributed by atoms with Crippen molar-refractivity contribution >= 4 is 33.5 Å². The lowest BCUT2D eigenvalue weighted by Crippen LogP contribution is -2.21. The van der Waals surface area contributed by atoms with Crippen molar-refractivity contribution in [1.82, 2.24) is 28.9 Å². The molecule has 5 aromatic rings. The fourth-order valence-corrected chi connectivity index (χ4v) is 4.20. The first kappa shape index (κ1) is 16.8. The number of fused-ring (bicyclic) bond motifs is 2. The van der Waals surface area contributed by atoms with Crippen molar-refractivity contribution in [1.29, 1.82) is 0 Å². The minimum Gasteiger partial charge on any atom is -0.272 e. The summed E-state index contributed by atoms with van der Waals surface area (Å²) in [6.07, 6.45) is 3.50. The van der Waals surface area contributed by atoms with Gasteiger partial charge in [0.25, 0.3) is 5.56 Å². The summed E-state index contributed by atoms with van der Waals surface area (Å²) in [6.45, 7) is 3.91. The van der Waals surface area contributed by atoms with Crippen molar-refractivity contribution < 1.29 is 0 Å². The second kappa shape index (κ2) is 6.35. The van der Waals surface area contributed by atoms with Crippen molar-refractivity contribution in [3.8, 4) is 5.00 Å². The molecule has 0 amide bonds. The van der Waals surface area contributed by atoms with E-state index in [1.165, 1.54) is 11.5 Å². The fraction of sp³-hybridized carbons (Fsp3) is 0.150. The molecule has 0 saturated carbocycles. The van der Waals surface area contributed by atoms with Gasteiger partial charge in [-0.1, -0.05) is 29.5 Å². The monoisotopic (exact) mass is 388 g/mol. The van der Waals surface area contributed by atoms with Gasteiger partial charge in [0.1, 0.15) is 10.5 Å². The lowest BCUT2D eigenvalue weighted by molar-refractivity contribution is 0.560. The van der Waals surface area contributed by atoms with Crippen LogP contribution in [0.4, 0.5) is 0 Å². The molecule has 1 aromatic carbocycles. The van der Waals surface area contributed by atoms with Gasteiger partial charge in [0.05, 0.1) is 17.3 Å². The highest BCUT2D eigenvalue weighted by atomic mass is 32.1. The van der Waals surface area contributed by atoms with Crippen molar-refractivity contribution in [3.63, 3.8) is 0 Å². The largest absolute Gasteiger partial charge is 0.283 e. The summed E-state index contributed by atoms with van der Waals surface area (Å²) in [7, 11) is 0. The molecule has 0 saturated heterocycles. The van der Waals surface area contributed by atoms with Gasteiger partial charge in [-0.3, -0.25) is 14.3 Å². The third kappa shape index (κ3) is 2.53. The molecule has 1 atom stereocenters. The summed E-state index contributed by atoms with van der Waals surface area (Å²) in [5.41, 5.74) is 3.65. The Balaban J connectivity index is 1.72. The number of nitrogens with zero attached hydrogens (tertiary/aromatic N) is 6. The van der Waals surface area contributed by atoms with Gasteiger partial charge in [0, 0.05) is 23.3 Å². The first-order chi connectivity index (χ1) is 13.6. The summed E-state index contributed by atoms with van der Waals surface area (Å²) in [4.78, 5) is 17.8. The van der Waals surface area contributed by atoms with E-state index < -0.39 is 0 Å². The summed E-state index contributed by atoms with van der Waals surface area (Å²) < 4.78 is 7.56. The Kier molecular flexibility index (Phi) is 3.80. The SMILES string of the molecule is Cc1cc(-n2ccc3nnn(C(C)c4cccc5cccnc45)c3c2=O)sn1. The summed E-state index contributed by atoms with van der Waals surface area (Å²) in [5, 5.41) is 10.3. The fourth-order valence-electron chi connectivity index (χ4n) is 3.46. The minimum absolute atomic E-state index is 0.161. The molecule has 4 heterocycles. The minimum atomic E-state index is -0.199. The van der Waals surface area contributed by atoms with Gasteiger partial charge in [0.15, 0.2) is 5.52 Å². The number of benzene rings is 1.